The third-order valence-electron chi connectivity index (χ3n) is 5.51. The van der Waals surface area contributed by atoms with Crippen molar-refractivity contribution in [2.45, 2.75) is 20.0 Å². The van der Waals surface area contributed by atoms with E-state index in [4.69, 9.17) is 4.98 Å². The molecule has 8 nitrogen and oxygen atoms in total. The number of aromatic amines is 1. The van der Waals surface area contributed by atoms with Gasteiger partial charge in [0.15, 0.2) is 0 Å². The Morgan fingerprint density at radius 2 is 1.59 bits per heavy atom. The maximum atomic E-state index is 11.7. The van der Waals surface area contributed by atoms with Crippen LogP contribution in [-0.4, -0.2) is 46.1 Å². The molecule has 2 aliphatic rings. The van der Waals surface area contributed by atoms with Gasteiger partial charge in [-0.25, -0.2) is 9.97 Å². The first-order valence-electron chi connectivity index (χ1n) is 9.88. The highest BCUT2D eigenvalue weighted by Crippen LogP contribution is 2.27. The number of benzene rings is 1. The Morgan fingerprint density at radius 1 is 0.897 bits per heavy atom. The van der Waals surface area contributed by atoms with Crippen molar-refractivity contribution in [3.8, 4) is 0 Å². The van der Waals surface area contributed by atoms with Gasteiger partial charge in [-0.2, -0.15) is 4.98 Å². The molecule has 2 aromatic heterocycles. The van der Waals surface area contributed by atoms with E-state index in [2.05, 4.69) is 53.9 Å². The zero-order valence-electron chi connectivity index (χ0n) is 16.4. The second kappa shape index (κ2) is 7.20. The van der Waals surface area contributed by atoms with Crippen LogP contribution in [0.15, 0.2) is 47.4 Å². The lowest BCUT2D eigenvalue weighted by Crippen LogP contribution is -2.48. The van der Waals surface area contributed by atoms with E-state index in [0.29, 0.717) is 5.95 Å². The first kappa shape index (κ1) is 17.7. The summed E-state index contributed by atoms with van der Waals surface area (Å²) in [6.45, 7) is 6.68. The average Bonchev–Trinajstić information content (AvgIpc) is 3.18. The molecule has 0 amide bonds. The van der Waals surface area contributed by atoms with Gasteiger partial charge in [0, 0.05) is 57.2 Å². The van der Waals surface area contributed by atoms with Gasteiger partial charge in [0.05, 0.1) is 0 Å². The summed E-state index contributed by atoms with van der Waals surface area (Å²) >= 11 is 0. The monoisotopic (exact) mass is 389 g/mol. The molecule has 0 spiro atoms. The number of fused-ring (bicyclic) bond motifs is 1. The number of hydrogen-bond acceptors (Lipinski definition) is 7. The van der Waals surface area contributed by atoms with E-state index in [0.717, 1.165) is 56.7 Å². The van der Waals surface area contributed by atoms with Gasteiger partial charge in [0.25, 0.3) is 5.56 Å². The fourth-order valence-electron chi connectivity index (χ4n) is 3.99. The number of rotatable bonds is 3. The number of nitrogens with one attached hydrogen (secondary N) is 1. The van der Waals surface area contributed by atoms with Gasteiger partial charge in [0.1, 0.15) is 5.82 Å². The van der Waals surface area contributed by atoms with Gasteiger partial charge in [-0.15, -0.1) is 0 Å². The predicted octanol–water partition coefficient (Wildman–Crippen LogP) is 1.72. The molecular weight excluding hydrogens is 366 g/mol. The number of anilines is 3. The van der Waals surface area contributed by atoms with Gasteiger partial charge in [0.2, 0.25) is 11.9 Å². The largest absolute Gasteiger partial charge is 0.348 e. The molecule has 8 heteroatoms. The van der Waals surface area contributed by atoms with Gasteiger partial charge in [-0.1, -0.05) is 24.3 Å². The van der Waals surface area contributed by atoms with E-state index < -0.39 is 0 Å². The fraction of sp³-hybridized carbons (Fsp3) is 0.333. The van der Waals surface area contributed by atoms with Crippen LogP contribution in [0.4, 0.5) is 17.7 Å². The minimum Gasteiger partial charge on any atom is -0.348 e. The minimum absolute atomic E-state index is 0.113. The third-order valence-corrected chi connectivity index (χ3v) is 5.51. The SMILES string of the molecule is Cc1cc(=O)[nH]c(N2CCN(c3nccc(N4Cc5ccccc5C4)n3)CC2)n1. The van der Waals surface area contributed by atoms with Crippen molar-refractivity contribution in [2.24, 2.45) is 0 Å². The van der Waals surface area contributed by atoms with Crippen LogP contribution in [0.25, 0.3) is 0 Å². The summed E-state index contributed by atoms with van der Waals surface area (Å²) in [4.78, 5) is 34.9. The Kier molecular flexibility index (Phi) is 4.38. The zero-order valence-corrected chi connectivity index (χ0v) is 16.4. The molecule has 0 unspecified atom stereocenters. The lowest BCUT2D eigenvalue weighted by Gasteiger charge is -2.35. The Bertz CT molecular complexity index is 1060. The van der Waals surface area contributed by atoms with Crippen molar-refractivity contribution >= 4 is 17.7 Å². The molecule has 148 valence electrons. The van der Waals surface area contributed by atoms with Crippen molar-refractivity contribution in [3.05, 3.63) is 69.8 Å². The molecule has 0 bridgehead atoms. The van der Waals surface area contributed by atoms with Gasteiger partial charge < -0.3 is 14.7 Å². The smallest absolute Gasteiger partial charge is 0.252 e. The number of aryl methyl sites for hydroxylation is 1. The molecular formula is C21H23N7O. The summed E-state index contributed by atoms with van der Waals surface area (Å²) in [5, 5.41) is 0. The normalized spacial score (nSPS) is 16.2. The number of piperazine rings is 1. The number of hydrogen-bond donors (Lipinski definition) is 1. The zero-order chi connectivity index (χ0) is 19.8. The standard InChI is InChI=1S/C21H23N7O/c1-15-12-19(29)25-21(23-15)27-10-8-26(9-11-27)20-22-7-6-18(24-20)28-13-16-4-2-3-5-17(16)14-28/h2-7,12H,8-11,13-14H2,1H3,(H,23,25,29). The van der Waals surface area contributed by atoms with E-state index >= 15 is 0 Å². The Labute approximate surface area is 168 Å². The van der Waals surface area contributed by atoms with Crippen LogP contribution in [0.1, 0.15) is 16.8 Å². The Hall–Kier alpha value is -3.42. The van der Waals surface area contributed by atoms with Crippen LogP contribution in [0, 0.1) is 6.92 Å². The molecule has 1 fully saturated rings. The topological polar surface area (TPSA) is 81.3 Å². The van der Waals surface area contributed by atoms with Gasteiger partial charge in [-0.05, 0) is 24.1 Å². The summed E-state index contributed by atoms with van der Waals surface area (Å²) in [6, 6.07) is 12.0. The van der Waals surface area contributed by atoms with Crippen LogP contribution in [0.3, 0.4) is 0 Å². The van der Waals surface area contributed by atoms with Crippen molar-refractivity contribution < 1.29 is 0 Å². The minimum atomic E-state index is -0.113. The lowest BCUT2D eigenvalue weighted by molar-refractivity contribution is 0.625. The van der Waals surface area contributed by atoms with Crippen LogP contribution in [-0.2, 0) is 13.1 Å². The van der Waals surface area contributed by atoms with Gasteiger partial charge >= 0.3 is 0 Å². The molecule has 1 N–H and O–H groups in total. The summed E-state index contributed by atoms with van der Waals surface area (Å²) in [5.74, 6) is 2.35. The second-order valence-electron chi connectivity index (χ2n) is 7.52. The first-order chi connectivity index (χ1) is 14.2. The molecule has 0 aliphatic carbocycles. The van der Waals surface area contributed by atoms with E-state index in [1.165, 1.54) is 17.2 Å². The molecule has 0 atom stereocenters. The maximum Gasteiger partial charge on any atom is 0.252 e. The number of nitrogens with zero attached hydrogens (tertiary/aromatic N) is 6. The molecule has 0 radical (unpaired) electrons. The van der Waals surface area contributed by atoms with Crippen LogP contribution < -0.4 is 20.3 Å². The highest BCUT2D eigenvalue weighted by Gasteiger charge is 2.23. The molecule has 3 aromatic rings. The molecule has 1 aromatic carbocycles. The molecule has 29 heavy (non-hydrogen) atoms. The summed E-state index contributed by atoms with van der Waals surface area (Å²) in [6.07, 6.45) is 1.84. The van der Waals surface area contributed by atoms with Crippen LogP contribution in [0.5, 0.6) is 0 Å². The highest BCUT2D eigenvalue weighted by atomic mass is 16.1. The maximum absolute atomic E-state index is 11.7. The van der Waals surface area contributed by atoms with E-state index in [9.17, 15) is 4.79 Å². The highest BCUT2D eigenvalue weighted by molar-refractivity contribution is 5.50. The van der Waals surface area contributed by atoms with E-state index in [1.54, 1.807) is 0 Å². The van der Waals surface area contributed by atoms with Crippen molar-refractivity contribution in [3.63, 3.8) is 0 Å². The van der Waals surface area contributed by atoms with Crippen molar-refractivity contribution in [1.29, 1.82) is 0 Å². The number of aromatic nitrogens is 4. The van der Waals surface area contributed by atoms with Crippen molar-refractivity contribution in [1.82, 2.24) is 19.9 Å². The summed E-state index contributed by atoms with van der Waals surface area (Å²) in [7, 11) is 0. The molecule has 2 aliphatic heterocycles. The summed E-state index contributed by atoms with van der Waals surface area (Å²) in [5.41, 5.74) is 3.34. The quantitative estimate of drug-likeness (QED) is 0.730. The Morgan fingerprint density at radius 3 is 2.28 bits per heavy atom. The first-order valence-corrected chi connectivity index (χ1v) is 9.88. The van der Waals surface area contributed by atoms with Gasteiger partial charge in [-0.3, -0.25) is 9.78 Å². The van der Waals surface area contributed by atoms with Crippen molar-refractivity contribution in [2.75, 3.05) is 40.9 Å². The number of H-pyrrole nitrogens is 1. The predicted molar refractivity (Wildman–Crippen MR) is 112 cm³/mol. The fourth-order valence-corrected chi connectivity index (χ4v) is 3.99. The Balaban J connectivity index is 1.28. The van der Waals surface area contributed by atoms with Crippen LogP contribution in [0.2, 0.25) is 0 Å². The van der Waals surface area contributed by atoms with E-state index in [1.807, 2.05) is 19.2 Å². The second-order valence-corrected chi connectivity index (χ2v) is 7.52. The molecule has 5 rings (SSSR count). The van der Waals surface area contributed by atoms with E-state index in [-0.39, 0.29) is 5.56 Å². The van der Waals surface area contributed by atoms with Crippen LogP contribution >= 0.6 is 0 Å². The lowest BCUT2D eigenvalue weighted by atomic mass is 10.1. The summed E-state index contributed by atoms with van der Waals surface area (Å²) < 4.78 is 0. The molecule has 0 saturated carbocycles. The molecule has 4 heterocycles. The molecule has 1 saturated heterocycles. The average molecular weight is 389 g/mol. The third kappa shape index (κ3) is 3.53.